The van der Waals surface area contributed by atoms with Gasteiger partial charge in [0.1, 0.15) is 4.90 Å². The molecular weight excluding hydrogens is 318 g/mol. The summed E-state index contributed by atoms with van der Waals surface area (Å²) in [6, 6.07) is 12.0. The van der Waals surface area contributed by atoms with Crippen LogP contribution in [0.25, 0.3) is 0 Å². The molecule has 0 unspecified atom stereocenters. The maximum atomic E-state index is 12.4. The van der Waals surface area contributed by atoms with Crippen molar-refractivity contribution in [3.63, 3.8) is 0 Å². The van der Waals surface area contributed by atoms with E-state index in [-0.39, 0.29) is 15.3 Å². The highest BCUT2D eigenvalue weighted by Gasteiger charge is 2.19. The van der Waals surface area contributed by atoms with E-state index < -0.39 is 10.0 Å². The Hall–Kier alpha value is -1.52. The van der Waals surface area contributed by atoms with Gasteiger partial charge in [-0.2, -0.15) is 0 Å². The van der Waals surface area contributed by atoms with E-state index in [0.717, 1.165) is 5.56 Å². The molecule has 0 atom stereocenters. The van der Waals surface area contributed by atoms with Gasteiger partial charge in [-0.05, 0) is 47.7 Å². The smallest absolute Gasteiger partial charge is 0.263 e. The van der Waals surface area contributed by atoms with Gasteiger partial charge in [0.05, 0.1) is 5.02 Å². The second kappa shape index (κ2) is 5.94. The Bertz CT molecular complexity index is 793. The average molecular weight is 338 g/mol. The van der Waals surface area contributed by atoms with E-state index in [1.165, 1.54) is 11.6 Å². The molecule has 118 valence electrons. The molecular formula is C17H20ClNO2S. The fourth-order valence-electron chi connectivity index (χ4n) is 2.44. The van der Waals surface area contributed by atoms with Crippen molar-refractivity contribution in [2.24, 2.45) is 0 Å². The molecule has 1 N–H and O–H groups in total. The third-order valence-corrected chi connectivity index (χ3v) is 5.29. The van der Waals surface area contributed by atoms with Crippen LogP contribution >= 0.6 is 11.6 Å². The van der Waals surface area contributed by atoms with E-state index in [4.69, 9.17) is 11.6 Å². The van der Waals surface area contributed by atoms with Crippen LogP contribution in [0.4, 0.5) is 5.69 Å². The fourth-order valence-corrected chi connectivity index (χ4v) is 4.01. The minimum atomic E-state index is -3.69. The van der Waals surface area contributed by atoms with E-state index in [2.05, 4.69) is 25.5 Å². The lowest BCUT2D eigenvalue weighted by Gasteiger charge is -2.22. The molecule has 0 bridgehead atoms. The molecule has 5 heteroatoms. The Morgan fingerprint density at radius 1 is 1.05 bits per heavy atom. The minimum Gasteiger partial charge on any atom is -0.280 e. The van der Waals surface area contributed by atoms with Crippen molar-refractivity contribution in [2.75, 3.05) is 4.72 Å². The van der Waals surface area contributed by atoms with Crippen molar-refractivity contribution in [1.82, 2.24) is 0 Å². The Morgan fingerprint density at radius 3 is 2.23 bits per heavy atom. The molecule has 0 aliphatic rings. The summed E-state index contributed by atoms with van der Waals surface area (Å²) in [6.45, 7) is 8.36. The number of hydrogen-bond acceptors (Lipinski definition) is 2. The van der Waals surface area contributed by atoms with Crippen LogP contribution in [0.3, 0.4) is 0 Å². The Kier molecular flexibility index (Phi) is 4.54. The first kappa shape index (κ1) is 16.8. The number of hydrogen-bond donors (Lipinski definition) is 1. The molecule has 0 heterocycles. The predicted octanol–water partition coefficient (Wildman–Crippen LogP) is 4.75. The molecule has 0 amide bonds. The number of rotatable bonds is 3. The van der Waals surface area contributed by atoms with Gasteiger partial charge >= 0.3 is 0 Å². The summed E-state index contributed by atoms with van der Waals surface area (Å²) in [5.74, 6) is 0. The van der Waals surface area contributed by atoms with Crippen molar-refractivity contribution in [1.29, 1.82) is 0 Å². The molecule has 0 aromatic heterocycles. The topological polar surface area (TPSA) is 46.2 Å². The van der Waals surface area contributed by atoms with Crippen molar-refractivity contribution in [3.05, 3.63) is 58.6 Å². The van der Waals surface area contributed by atoms with E-state index >= 15 is 0 Å². The highest BCUT2D eigenvalue weighted by molar-refractivity contribution is 7.92. The molecule has 0 saturated heterocycles. The van der Waals surface area contributed by atoms with Gasteiger partial charge in [-0.15, -0.1) is 0 Å². The van der Waals surface area contributed by atoms with Crippen molar-refractivity contribution in [2.45, 2.75) is 38.0 Å². The summed E-state index contributed by atoms with van der Waals surface area (Å²) in [5.41, 5.74) is 2.79. The second-order valence-electron chi connectivity index (χ2n) is 6.32. The first-order valence-electron chi connectivity index (χ1n) is 7.00. The van der Waals surface area contributed by atoms with Crippen LogP contribution in [0.15, 0.2) is 47.4 Å². The third-order valence-electron chi connectivity index (χ3n) is 3.41. The molecule has 0 saturated carbocycles. The number of sulfonamides is 1. The van der Waals surface area contributed by atoms with Crippen LogP contribution in [0.5, 0.6) is 0 Å². The number of halogens is 1. The van der Waals surface area contributed by atoms with Crippen molar-refractivity contribution in [3.8, 4) is 0 Å². The van der Waals surface area contributed by atoms with Crippen LogP contribution in [-0.2, 0) is 15.4 Å². The third kappa shape index (κ3) is 3.62. The molecule has 0 spiro atoms. The summed E-state index contributed by atoms with van der Waals surface area (Å²) < 4.78 is 27.4. The number of aryl methyl sites for hydroxylation is 1. The Morgan fingerprint density at radius 2 is 1.68 bits per heavy atom. The van der Waals surface area contributed by atoms with E-state index in [1.54, 1.807) is 24.3 Å². The number of benzene rings is 2. The molecule has 0 aliphatic carbocycles. The van der Waals surface area contributed by atoms with E-state index in [9.17, 15) is 8.42 Å². The highest BCUT2D eigenvalue weighted by Crippen LogP contribution is 2.29. The second-order valence-corrected chi connectivity index (χ2v) is 8.37. The zero-order valence-corrected chi connectivity index (χ0v) is 14.7. The first-order valence-corrected chi connectivity index (χ1v) is 8.86. The minimum absolute atomic E-state index is 0.0181. The van der Waals surface area contributed by atoms with Gasteiger partial charge in [0.15, 0.2) is 0 Å². The van der Waals surface area contributed by atoms with Crippen LogP contribution in [-0.4, -0.2) is 8.42 Å². The van der Waals surface area contributed by atoms with Gasteiger partial charge in [-0.25, -0.2) is 8.42 Å². The largest absolute Gasteiger partial charge is 0.280 e. The molecule has 0 fully saturated rings. The van der Waals surface area contributed by atoms with Gasteiger partial charge in [0.25, 0.3) is 10.0 Å². The van der Waals surface area contributed by atoms with Crippen LogP contribution < -0.4 is 4.72 Å². The van der Waals surface area contributed by atoms with Gasteiger partial charge in [-0.1, -0.05) is 50.6 Å². The van der Waals surface area contributed by atoms with Gasteiger partial charge in [0, 0.05) is 5.69 Å². The van der Waals surface area contributed by atoms with E-state index in [1.807, 2.05) is 19.1 Å². The Labute approximate surface area is 137 Å². The summed E-state index contributed by atoms with van der Waals surface area (Å²) in [7, 11) is -3.69. The number of anilines is 1. The van der Waals surface area contributed by atoms with Crippen molar-refractivity contribution >= 4 is 27.3 Å². The molecule has 22 heavy (non-hydrogen) atoms. The molecule has 3 nitrogen and oxygen atoms in total. The molecule has 2 rings (SSSR count). The lowest BCUT2D eigenvalue weighted by Crippen LogP contribution is -2.16. The van der Waals surface area contributed by atoms with Gasteiger partial charge < -0.3 is 0 Å². The zero-order valence-electron chi connectivity index (χ0n) is 13.1. The summed E-state index contributed by atoms with van der Waals surface area (Å²) in [6.07, 6.45) is 0. The summed E-state index contributed by atoms with van der Waals surface area (Å²) >= 11 is 5.97. The average Bonchev–Trinajstić information content (AvgIpc) is 2.36. The maximum absolute atomic E-state index is 12.4. The zero-order chi connectivity index (χ0) is 16.5. The summed E-state index contributed by atoms with van der Waals surface area (Å²) in [5, 5.41) is 0.207. The monoisotopic (exact) mass is 337 g/mol. The standard InChI is InChI=1S/C17H20ClNO2S/c1-12-11-13(9-10-14(12)17(2,3)4)19-22(20,21)16-8-6-5-7-15(16)18/h5-11,19H,1-4H3. The van der Waals surface area contributed by atoms with Crippen LogP contribution in [0, 0.1) is 6.92 Å². The lowest BCUT2D eigenvalue weighted by molar-refractivity contribution is 0.586. The molecule has 2 aromatic rings. The van der Waals surface area contributed by atoms with Gasteiger partial charge in [-0.3, -0.25) is 4.72 Å². The maximum Gasteiger partial charge on any atom is 0.263 e. The number of nitrogens with one attached hydrogen (secondary N) is 1. The quantitative estimate of drug-likeness (QED) is 0.878. The summed E-state index contributed by atoms with van der Waals surface area (Å²) in [4.78, 5) is 0.0780. The molecule has 0 radical (unpaired) electrons. The predicted molar refractivity (Wildman–Crippen MR) is 92.1 cm³/mol. The fraction of sp³-hybridized carbons (Fsp3) is 0.294. The van der Waals surface area contributed by atoms with Crippen LogP contribution in [0.1, 0.15) is 31.9 Å². The van der Waals surface area contributed by atoms with E-state index in [0.29, 0.717) is 5.69 Å². The van der Waals surface area contributed by atoms with Crippen molar-refractivity contribution < 1.29 is 8.42 Å². The molecule has 0 aliphatic heterocycles. The van der Waals surface area contributed by atoms with Crippen LogP contribution in [0.2, 0.25) is 5.02 Å². The van der Waals surface area contributed by atoms with Gasteiger partial charge in [0.2, 0.25) is 0 Å². The molecule has 2 aromatic carbocycles. The first-order chi connectivity index (χ1) is 10.1. The Balaban J connectivity index is 2.36. The normalized spacial score (nSPS) is 12.2. The lowest BCUT2D eigenvalue weighted by atomic mass is 9.84. The SMILES string of the molecule is Cc1cc(NS(=O)(=O)c2ccccc2Cl)ccc1C(C)(C)C. The highest BCUT2D eigenvalue weighted by atomic mass is 35.5.